The van der Waals surface area contributed by atoms with Crippen LogP contribution in [0.25, 0.3) is 17.3 Å². The van der Waals surface area contributed by atoms with Crippen molar-refractivity contribution in [3.63, 3.8) is 0 Å². The van der Waals surface area contributed by atoms with Crippen molar-refractivity contribution in [2.24, 2.45) is 4.99 Å². The van der Waals surface area contributed by atoms with Crippen LogP contribution in [0.15, 0.2) is 41.4 Å². The lowest BCUT2D eigenvalue weighted by molar-refractivity contribution is 0.338. The zero-order chi connectivity index (χ0) is 22.1. The first kappa shape index (κ1) is 20.8. The molecule has 1 unspecified atom stereocenters. The predicted octanol–water partition coefficient (Wildman–Crippen LogP) is 2.31. The number of nitrogens with zero attached hydrogens (tertiary/aromatic N) is 1. The minimum absolute atomic E-state index is 0.613. The van der Waals surface area contributed by atoms with Crippen molar-refractivity contribution in [1.29, 1.82) is 0 Å². The third kappa shape index (κ3) is 4.05. The average Bonchev–Trinajstić information content (AvgIpc) is 3.55. The first-order valence-corrected chi connectivity index (χ1v) is 11.8. The molecule has 3 N–H and O–H groups in total. The van der Waals surface area contributed by atoms with E-state index < -0.39 is 0 Å². The molecule has 4 heterocycles. The Labute approximate surface area is 188 Å². The highest BCUT2D eigenvalue weighted by atomic mass is 16.5. The van der Waals surface area contributed by atoms with Crippen molar-refractivity contribution < 1.29 is 4.74 Å². The number of aromatic nitrogens is 2. The number of hydrogen-bond acceptors (Lipinski definition) is 3. The van der Waals surface area contributed by atoms with Crippen molar-refractivity contribution in [3.8, 4) is 5.75 Å². The molecule has 1 aromatic carbocycles. The summed E-state index contributed by atoms with van der Waals surface area (Å²) in [7, 11) is 0. The van der Waals surface area contributed by atoms with Crippen LogP contribution in [0.1, 0.15) is 49.6 Å². The summed E-state index contributed by atoms with van der Waals surface area (Å²) in [4.78, 5) is 12.1. The lowest BCUT2D eigenvalue weighted by Gasteiger charge is -2.11. The fraction of sp³-hybridized carbons (Fsp3) is 0.370. The molecular formula is C27H32N4O. The summed E-state index contributed by atoms with van der Waals surface area (Å²) < 4.78 is 6.00. The minimum atomic E-state index is 0.613. The van der Waals surface area contributed by atoms with Gasteiger partial charge in [-0.2, -0.15) is 0 Å². The molecule has 0 radical (unpaired) electrons. The van der Waals surface area contributed by atoms with Crippen LogP contribution in [0.2, 0.25) is 0 Å². The maximum Gasteiger partial charge on any atom is 0.144 e. The summed E-state index contributed by atoms with van der Waals surface area (Å²) in [5.74, 6) is 0.865. The molecule has 0 amide bonds. The summed E-state index contributed by atoms with van der Waals surface area (Å²) in [6, 6.07) is 13.4. The fourth-order valence-corrected chi connectivity index (χ4v) is 4.94. The monoisotopic (exact) mass is 428 g/mol. The van der Waals surface area contributed by atoms with Gasteiger partial charge in [0.05, 0.1) is 28.4 Å². The van der Waals surface area contributed by atoms with E-state index in [2.05, 4.69) is 71.6 Å². The Morgan fingerprint density at radius 3 is 2.78 bits per heavy atom. The van der Waals surface area contributed by atoms with E-state index in [0.29, 0.717) is 12.6 Å². The van der Waals surface area contributed by atoms with Gasteiger partial charge in [-0.3, -0.25) is 0 Å². The first-order valence-electron chi connectivity index (χ1n) is 11.8. The van der Waals surface area contributed by atoms with Crippen LogP contribution in [0.3, 0.4) is 0 Å². The van der Waals surface area contributed by atoms with Gasteiger partial charge in [0.1, 0.15) is 5.75 Å². The van der Waals surface area contributed by atoms with E-state index >= 15 is 0 Å². The Hall–Kier alpha value is -3.05. The van der Waals surface area contributed by atoms with Crippen LogP contribution in [0, 0.1) is 13.8 Å². The standard InChI is InChI=1S/C27H32N4O/c1-4-32-26-16-25(30-24(26)15-23-17(2)14-18(3)29-23)27-21(12-11-19-8-7-13-28-19)20-9-5-6-10-22(20)31-27/h5-6,9-10,14-16,19,28-30H,4,7-8,11-13H2,1-3H3. The van der Waals surface area contributed by atoms with Gasteiger partial charge in [0.25, 0.3) is 0 Å². The molecule has 1 atom stereocenters. The second-order valence-corrected chi connectivity index (χ2v) is 8.88. The third-order valence-corrected chi connectivity index (χ3v) is 6.50. The lowest BCUT2D eigenvalue weighted by atomic mass is 10.0. The number of H-pyrrole nitrogens is 2. The number of hydrogen-bond donors (Lipinski definition) is 3. The van der Waals surface area contributed by atoms with Crippen LogP contribution in [0.4, 0.5) is 0 Å². The molecule has 2 aliphatic rings. The Bertz CT molecular complexity index is 1370. The van der Waals surface area contributed by atoms with Crippen LogP contribution < -0.4 is 31.3 Å². The van der Waals surface area contributed by atoms with Gasteiger partial charge in [-0.05, 0) is 82.3 Å². The molecule has 3 aromatic rings. The van der Waals surface area contributed by atoms with Crippen LogP contribution in [-0.4, -0.2) is 29.2 Å². The molecule has 0 saturated carbocycles. The van der Waals surface area contributed by atoms with Crippen molar-refractivity contribution in [1.82, 2.24) is 15.3 Å². The van der Waals surface area contributed by atoms with Crippen molar-refractivity contribution in [2.75, 3.05) is 13.2 Å². The summed E-state index contributed by atoms with van der Waals surface area (Å²) in [6.07, 6.45) is 6.85. The molecule has 0 aliphatic carbocycles. The summed E-state index contributed by atoms with van der Waals surface area (Å²) in [6.45, 7) is 7.99. The van der Waals surface area contributed by atoms with Crippen molar-refractivity contribution >= 4 is 17.3 Å². The molecule has 0 bridgehead atoms. The average molecular weight is 429 g/mol. The summed E-state index contributed by atoms with van der Waals surface area (Å²) >= 11 is 0. The van der Waals surface area contributed by atoms with Gasteiger partial charge >= 0.3 is 0 Å². The topological polar surface area (TPSA) is 65.2 Å². The molecule has 166 valence electrons. The SMILES string of the molecule is CCOc1cc(=C2N=c3ccccc3=C2CCC2CCCN2)[nH]c1=Cc1[nH]c(C)cc1C. The van der Waals surface area contributed by atoms with E-state index in [4.69, 9.17) is 9.73 Å². The lowest BCUT2D eigenvalue weighted by Crippen LogP contribution is -2.24. The number of rotatable bonds is 6. The smallest absolute Gasteiger partial charge is 0.144 e. The van der Waals surface area contributed by atoms with E-state index in [1.54, 1.807) is 0 Å². The zero-order valence-corrected chi connectivity index (χ0v) is 19.2. The molecule has 5 nitrogen and oxygen atoms in total. The quantitative estimate of drug-likeness (QED) is 0.564. The number of nitrogens with one attached hydrogen (secondary N) is 3. The molecule has 1 saturated heterocycles. The number of fused-ring (bicyclic) bond motifs is 1. The molecule has 1 fully saturated rings. The molecular weight excluding hydrogens is 396 g/mol. The van der Waals surface area contributed by atoms with Gasteiger partial charge in [-0.15, -0.1) is 0 Å². The molecule has 5 rings (SSSR count). The third-order valence-electron chi connectivity index (χ3n) is 6.50. The normalized spacial score (nSPS) is 20.0. The van der Waals surface area contributed by atoms with E-state index in [-0.39, 0.29) is 0 Å². The maximum atomic E-state index is 6.00. The van der Waals surface area contributed by atoms with E-state index in [1.165, 1.54) is 29.2 Å². The summed E-state index contributed by atoms with van der Waals surface area (Å²) in [5, 5.41) is 7.95. The Morgan fingerprint density at radius 1 is 1.16 bits per heavy atom. The number of ether oxygens (including phenoxy) is 1. The molecule has 2 aromatic heterocycles. The fourth-order valence-electron chi connectivity index (χ4n) is 4.94. The highest BCUT2D eigenvalue weighted by Gasteiger charge is 2.19. The second kappa shape index (κ2) is 8.83. The van der Waals surface area contributed by atoms with E-state index in [0.717, 1.165) is 58.3 Å². The molecule has 0 spiro atoms. The number of aryl methyl sites for hydroxylation is 2. The Balaban J connectivity index is 1.64. The van der Waals surface area contributed by atoms with Crippen molar-refractivity contribution in [2.45, 2.75) is 52.5 Å². The summed E-state index contributed by atoms with van der Waals surface area (Å²) in [5.41, 5.74) is 5.86. The molecule has 2 aliphatic heterocycles. The highest BCUT2D eigenvalue weighted by Crippen LogP contribution is 2.23. The molecule has 32 heavy (non-hydrogen) atoms. The maximum absolute atomic E-state index is 6.00. The molecule has 5 heteroatoms. The second-order valence-electron chi connectivity index (χ2n) is 8.88. The van der Waals surface area contributed by atoms with Gasteiger partial charge in [0.15, 0.2) is 0 Å². The Morgan fingerprint density at radius 2 is 2.03 bits per heavy atom. The zero-order valence-electron chi connectivity index (χ0n) is 19.2. The predicted molar refractivity (Wildman–Crippen MR) is 129 cm³/mol. The van der Waals surface area contributed by atoms with Gasteiger partial charge < -0.3 is 20.0 Å². The van der Waals surface area contributed by atoms with E-state index in [1.807, 2.05) is 6.92 Å². The van der Waals surface area contributed by atoms with Crippen molar-refractivity contribution in [3.05, 3.63) is 74.6 Å². The minimum Gasteiger partial charge on any atom is -0.492 e. The van der Waals surface area contributed by atoms with E-state index in [9.17, 15) is 0 Å². The van der Waals surface area contributed by atoms with Crippen LogP contribution in [0.5, 0.6) is 5.75 Å². The van der Waals surface area contributed by atoms with Crippen LogP contribution in [-0.2, 0) is 0 Å². The largest absolute Gasteiger partial charge is 0.492 e. The number of benzene rings is 1. The van der Waals surface area contributed by atoms with Gasteiger partial charge in [-0.1, -0.05) is 18.2 Å². The number of aromatic amines is 2. The number of para-hydroxylation sites is 1. The van der Waals surface area contributed by atoms with Gasteiger partial charge in [-0.25, -0.2) is 4.99 Å². The Kier molecular flexibility index (Phi) is 5.75. The van der Waals surface area contributed by atoms with Crippen LogP contribution >= 0.6 is 0 Å². The van der Waals surface area contributed by atoms with Gasteiger partial charge in [0, 0.05) is 28.7 Å². The highest BCUT2D eigenvalue weighted by molar-refractivity contribution is 5.88. The van der Waals surface area contributed by atoms with Gasteiger partial charge in [0.2, 0.25) is 0 Å². The first-order chi connectivity index (χ1) is 15.6.